The summed E-state index contributed by atoms with van der Waals surface area (Å²) in [4.78, 5) is 27.8. The number of aromatic nitrogens is 5. The molecule has 0 amide bonds. The summed E-state index contributed by atoms with van der Waals surface area (Å²) in [5, 5.41) is 11.7. The Morgan fingerprint density at radius 3 is 3.11 bits per heavy atom. The SMILES string of the molecule is O=C(O)Cn1cc(-c2c[nH][n+]3cc[nH]c23)[nH]c1=O. The van der Waals surface area contributed by atoms with Crippen LogP contribution in [0.3, 0.4) is 0 Å². The Hall–Kier alpha value is -2.77. The number of aromatic amines is 3. The largest absolute Gasteiger partial charge is 0.480 e. The maximum absolute atomic E-state index is 11.6. The second-order valence-corrected chi connectivity index (χ2v) is 3.86. The van der Waals surface area contributed by atoms with Crippen LogP contribution in [0.25, 0.3) is 16.9 Å². The van der Waals surface area contributed by atoms with Gasteiger partial charge in [0, 0.05) is 6.20 Å². The molecule has 0 saturated heterocycles. The van der Waals surface area contributed by atoms with E-state index in [-0.39, 0.29) is 6.54 Å². The van der Waals surface area contributed by atoms with Crippen LogP contribution in [0.4, 0.5) is 0 Å². The minimum atomic E-state index is -1.06. The van der Waals surface area contributed by atoms with Crippen molar-refractivity contribution in [3.63, 3.8) is 0 Å². The molecule has 92 valence electrons. The van der Waals surface area contributed by atoms with Crippen molar-refractivity contribution in [3.05, 3.63) is 35.3 Å². The van der Waals surface area contributed by atoms with Gasteiger partial charge in [-0.2, -0.15) is 0 Å². The summed E-state index contributed by atoms with van der Waals surface area (Å²) >= 11 is 0. The molecule has 0 aliphatic rings. The second kappa shape index (κ2) is 3.62. The zero-order valence-electron chi connectivity index (χ0n) is 9.17. The van der Waals surface area contributed by atoms with Crippen LogP contribution >= 0.6 is 0 Å². The van der Waals surface area contributed by atoms with Gasteiger partial charge in [-0.05, 0) is 0 Å². The molecule has 0 aliphatic heterocycles. The van der Waals surface area contributed by atoms with E-state index in [1.54, 1.807) is 23.1 Å². The van der Waals surface area contributed by atoms with Crippen LogP contribution in [0.15, 0.2) is 29.6 Å². The van der Waals surface area contributed by atoms with E-state index in [4.69, 9.17) is 5.11 Å². The van der Waals surface area contributed by atoms with Gasteiger partial charge < -0.3 is 10.1 Å². The quantitative estimate of drug-likeness (QED) is 0.461. The highest BCUT2D eigenvalue weighted by Crippen LogP contribution is 2.17. The highest BCUT2D eigenvalue weighted by molar-refractivity contribution is 5.71. The predicted octanol–water partition coefficient (Wildman–Crippen LogP) is -0.677. The third kappa shape index (κ3) is 1.51. The van der Waals surface area contributed by atoms with Crippen LogP contribution in [-0.4, -0.2) is 30.7 Å². The van der Waals surface area contributed by atoms with Crippen LogP contribution in [0.1, 0.15) is 0 Å². The number of rotatable bonds is 3. The Morgan fingerprint density at radius 1 is 1.50 bits per heavy atom. The van der Waals surface area contributed by atoms with Crippen molar-refractivity contribution < 1.29 is 14.4 Å². The number of carboxylic acid groups (broad SMARTS) is 1. The molecular formula is C10H10N5O3+. The molecule has 0 spiro atoms. The van der Waals surface area contributed by atoms with Gasteiger partial charge in [0.15, 0.2) is 6.20 Å². The van der Waals surface area contributed by atoms with Gasteiger partial charge in [0.1, 0.15) is 18.3 Å². The van der Waals surface area contributed by atoms with Gasteiger partial charge >= 0.3 is 17.3 Å². The van der Waals surface area contributed by atoms with E-state index < -0.39 is 11.7 Å². The van der Waals surface area contributed by atoms with E-state index in [0.717, 1.165) is 15.8 Å². The third-order valence-corrected chi connectivity index (χ3v) is 2.67. The van der Waals surface area contributed by atoms with Gasteiger partial charge in [-0.1, -0.05) is 0 Å². The van der Waals surface area contributed by atoms with Crippen molar-refractivity contribution in [1.82, 2.24) is 19.6 Å². The average molecular weight is 248 g/mol. The van der Waals surface area contributed by atoms with Crippen LogP contribution in [0.2, 0.25) is 0 Å². The fourth-order valence-electron chi connectivity index (χ4n) is 1.89. The number of carboxylic acids is 1. The van der Waals surface area contributed by atoms with Crippen LogP contribution in [0, 0.1) is 0 Å². The first-order valence-electron chi connectivity index (χ1n) is 5.23. The average Bonchev–Trinajstić information content (AvgIpc) is 2.93. The summed E-state index contributed by atoms with van der Waals surface area (Å²) in [5.74, 6) is -1.06. The molecule has 0 aromatic carbocycles. The van der Waals surface area contributed by atoms with Crippen molar-refractivity contribution >= 4 is 11.6 Å². The molecule has 0 radical (unpaired) electrons. The summed E-state index contributed by atoms with van der Waals surface area (Å²) in [5.41, 5.74) is 1.67. The molecule has 0 saturated carbocycles. The Kier molecular flexibility index (Phi) is 2.09. The lowest BCUT2D eigenvalue weighted by atomic mass is 10.3. The van der Waals surface area contributed by atoms with E-state index in [2.05, 4.69) is 15.1 Å². The summed E-state index contributed by atoms with van der Waals surface area (Å²) in [7, 11) is 0. The topological polar surface area (TPSA) is 111 Å². The molecule has 4 N–H and O–H groups in total. The summed E-state index contributed by atoms with van der Waals surface area (Å²) in [6.07, 6.45) is 6.76. The summed E-state index contributed by atoms with van der Waals surface area (Å²) < 4.78 is 2.87. The first-order chi connectivity index (χ1) is 8.65. The van der Waals surface area contributed by atoms with Crippen LogP contribution in [-0.2, 0) is 11.3 Å². The van der Waals surface area contributed by atoms with Crippen molar-refractivity contribution in [1.29, 1.82) is 0 Å². The van der Waals surface area contributed by atoms with Gasteiger partial charge in [0.2, 0.25) is 0 Å². The molecule has 0 aliphatic carbocycles. The number of nitrogens with zero attached hydrogens (tertiary/aromatic N) is 2. The molecule has 0 bridgehead atoms. The van der Waals surface area contributed by atoms with E-state index >= 15 is 0 Å². The molecule has 3 aromatic heterocycles. The zero-order chi connectivity index (χ0) is 12.7. The lowest BCUT2D eigenvalue weighted by Gasteiger charge is -1.92. The number of hydrogen-bond acceptors (Lipinski definition) is 2. The minimum absolute atomic E-state index is 0.360. The number of carbonyl (C=O) groups is 1. The fraction of sp³-hybridized carbons (Fsp3) is 0.100. The Bertz CT molecular complexity index is 775. The van der Waals surface area contributed by atoms with Gasteiger partial charge in [0.05, 0.1) is 11.9 Å². The molecule has 3 heterocycles. The van der Waals surface area contributed by atoms with Crippen molar-refractivity contribution in [2.24, 2.45) is 0 Å². The Balaban J connectivity index is 2.10. The summed E-state index contributed by atoms with van der Waals surface area (Å²) in [6.45, 7) is -0.360. The highest BCUT2D eigenvalue weighted by Gasteiger charge is 2.16. The van der Waals surface area contributed by atoms with E-state index in [9.17, 15) is 9.59 Å². The maximum atomic E-state index is 11.6. The lowest BCUT2D eigenvalue weighted by Crippen LogP contribution is -2.20. The maximum Gasteiger partial charge on any atom is 0.326 e. The molecule has 8 heteroatoms. The second-order valence-electron chi connectivity index (χ2n) is 3.86. The molecule has 8 nitrogen and oxygen atoms in total. The number of H-pyrrole nitrogens is 3. The number of hydrogen-bond donors (Lipinski definition) is 4. The van der Waals surface area contributed by atoms with Crippen LogP contribution < -0.4 is 10.2 Å². The van der Waals surface area contributed by atoms with Crippen molar-refractivity contribution in [2.45, 2.75) is 6.54 Å². The third-order valence-electron chi connectivity index (χ3n) is 2.67. The standard InChI is InChI=1S/C10H9N5O3/c16-8(17)5-14-4-7(13-10(14)18)6-3-12-15-2-1-11-9(6)15/h1-4H,5H2,(H3,11,12,13,16,17,18)/p+1. The van der Waals surface area contributed by atoms with E-state index in [1.165, 1.54) is 6.20 Å². The smallest absolute Gasteiger partial charge is 0.326 e. The predicted molar refractivity (Wildman–Crippen MR) is 60.0 cm³/mol. The van der Waals surface area contributed by atoms with Gasteiger partial charge in [0.25, 0.3) is 0 Å². The minimum Gasteiger partial charge on any atom is -0.480 e. The Labute approximate surface area is 99.5 Å². The molecule has 3 rings (SSSR count). The highest BCUT2D eigenvalue weighted by atomic mass is 16.4. The lowest BCUT2D eigenvalue weighted by molar-refractivity contribution is -0.574. The monoisotopic (exact) mass is 248 g/mol. The number of nitrogens with one attached hydrogen (secondary N) is 3. The van der Waals surface area contributed by atoms with Gasteiger partial charge in [-0.25, -0.2) is 14.9 Å². The van der Waals surface area contributed by atoms with Crippen LogP contribution in [0.5, 0.6) is 0 Å². The molecular weight excluding hydrogens is 238 g/mol. The summed E-state index contributed by atoms with van der Waals surface area (Å²) in [6, 6.07) is 0. The molecule has 0 unspecified atom stereocenters. The number of imidazole rings is 2. The van der Waals surface area contributed by atoms with Gasteiger partial charge in [-0.3, -0.25) is 9.36 Å². The number of fused-ring (bicyclic) bond motifs is 1. The van der Waals surface area contributed by atoms with Crippen molar-refractivity contribution in [2.75, 3.05) is 0 Å². The molecule has 0 atom stereocenters. The molecule has 0 fully saturated rings. The number of aliphatic carboxylic acids is 1. The van der Waals surface area contributed by atoms with Gasteiger partial charge in [-0.15, -0.1) is 4.52 Å². The molecule has 3 aromatic rings. The zero-order valence-corrected chi connectivity index (χ0v) is 9.17. The fourth-order valence-corrected chi connectivity index (χ4v) is 1.89. The van der Waals surface area contributed by atoms with Crippen molar-refractivity contribution in [3.8, 4) is 11.3 Å². The normalized spacial score (nSPS) is 11.1. The molecule has 18 heavy (non-hydrogen) atoms. The Morgan fingerprint density at radius 2 is 2.33 bits per heavy atom. The first kappa shape index (κ1) is 10.4. The first-order valence-corrected chi connectivity index (χ1v) is 5.23. The van der Waals surface area contributed by atoms with E-state index in [1.807, 2.05) is 0 Å². The van der Waals surface area contributed by atoms with E-state index in [0.29, 0.717) is 5.69 Å².